The first-order valence-corrected chi connectivity index (χ1v) is 6.86. The lowest BCUT2D eigenvalue weighted by atomic mass is 10.1. The summed E-state index contributed by atoms with van der Waals surface area (Å²) >= 11 is 3.57. The zero-order valence-corrected chi connectivity index (χ0v) is 12.9. The van der Waals surface area contributed by atoms with Crippen LogP contribution in [0.5, 0.6) is 0 Å². The van der Waals surface area contributed by atoms with E-state index in [1.54, 1.807) is 7.11 Å². The summed E-state index contributed by atoms with van der Waals surface area (Å²) < 4.78 is 6.39. The van der Waals surface area contributed by atoms with Gasteiger partial charge in [-0.15, -0.1) is 0 Å². The van der Waals surface area contributed by atoms with Gasteiger partial charge in [0.2, 0.25) is 5.90 Å². The number of aliphatic imine (C=N–C) groups is 1. The van der Waals surface area contributed by atoms with Gasteiger partial charge >= 0.3 is 0 Å². The van der Waals surface area contributed by atoms with Crippen LogP contribution >= 0.6 is 15.9 Å². The van der Waals surface area contributed by atoms with E-state index in [2.05, 4.69) is 46.9 Å². The van der Waals surface area contributed by atoms with Crippen LogP contribution in [0.1, 0.15) is 16.7 Å². The molecule has 0 bridgehead atoms. The molecule has 0 aliphatic carbocycles. The summed E-state index contributed by atoms with van der Waals surface area (Å²) in [6, 6.07) is 14.1. The number of methoxy groups -OCH3 is 1. The van der Waals surface area contributed by atoms with Crippen LogP contribution in [0.25, 0.3) is 0 Å². The molecule has 2 rings (SSSR count). The number of halogens is 1. The lowest BCUT2D eigenvalue weighted by Gasteiger charge is -2.09. The second kappa shape index (κ2) is 6.02. The van der Waals surface area contributed by atoms with Crippen LogP contribution in [-0.4, -0.2) is 13.0 Å². The number of hydrogen-bond donors (Lipinski definition) is 0. The van der Waals surface area contributed by atoms with Crippen molar-refractivity contribution in [2.45, 2.75) is 13.8 Å². The zero-order chi connectivity index (χ0) is 13.8. The quantitative estimate of drug-likeness (QED) is 0.576. The second-order valence-electron chi connectivity index (χ2n) is 4.40. The van der Waals surface area contributed by atoms with Crippen molar-refractivity contribution in [3.63, 3.8) is 0 Å². The van der Waals surface area contributed by atoms with Gasteiger partial charge < -0.3 is 4.74 Å². The van der Waals surface area contributed by atoms with Crippen LogP contribution in [0.3, 0.4) is 0 Å². The van der Waals surface area contributed by atoms with Crippen LogP contribution in [0.4, 0.5) is 5.69 Å². The van der Waals surface area contributed by atoms with Crippen molar-refractivity contribution in [3.8, 4) is 0 Å². The van der Waals surface area contributed by atoms with Crippen molar-refractivity contribution in [2.75, 3.05) is 7.11 Å². The van der Waals surface area contributed by atoms with Gasteiger partial charge in [0.05, 0.1) is 12.8 Å². The Morgan fingerprint density at radius 1 is 1.11 bits per heavy atom. The molecule has 0 atom stereocenters. The van der Waals surface area contributed by atoms with Gasteiger partial charge in [0.1, 0.15) is 0 Å². The zero-order valence-electron chi connectivity index (χ0n) is 11.3. The molecule has 0 aromatic heterocycles. The lowest BCUT2D eigenvalue weighted by Crippen LogP contribution is -2.03. The topological polar surface area (TPSA) is 21.6 Å². The summed E-state index contributed by atoms with van der Waals surface area (Å²) in [5.41, 5.74) is 4.21. The van der Waals surface area contributed by atoms with E-state index in [0.717, 1.165) is 21.3 Å². The van der Waals surface area contributed by atoms with Crippen molar-refractivity contribution in [3.05, 3.63) is 63.6 Å². The molecule has 0 radical (unpaired) electrons. The minimum Gasteiger partial charge on any atom is -0.481 e. The van der Waals surface area contributed by atoms with Gasteiger partial charge in [-0.25, -0.2) is 4.99 Å². The summed E-state index contributed by atoms with van der Waals surface area (Å²) in [7, 11) is 1.64. The van der Waals surface area contributed by atoms with E-state index in [1.165, 1.54) is 5.56 Å². The molecule has 2 nitrogen and oxygen atoms in total. The molecule has 2 aromatic rings. The van der Waals surface area contributed by atoms with Crippen LogP contribution in [0, 0.1) is 13.8 Å². The monoisotopic (exact) mass is 317 g/mol. The molecule has 0 aliphatic heterocycles. The third-order valence-corrected chi connectivity index (χ3v) is 3.43. The first-order chi connectivity index (χ1) is 9.11. The van der Waals surface area contributed by atoms with Crippen molar-refractivity contribution < 1.29 is 4.74 Å². The third-order valence-electron chi connectivity index (χ3n) is 2.83. The van der Waals surface area contributed by atoms with Crippen molar-refractivity contribution >= 4 is 27.5 Å². The highest BCUT2D eigenvalue weighted by molar-refractivity contribution is 9.10. The maximum atomic E-state index is 5.41. The Bertz CT molecular complexity index is 582. The normalized spacial score (nSPS) is 11.5. The van der Waals surface area contributed by atoms with Gasteiger partial charge in [-0.05, 0) is 59.1 Å². The Morgan fingerprint density at radius 2 is 1.79 bits per heavy atom. The van der Waals surface area contributed by atoms with E-state index in [9.17, 15) is 0 Å². The molecule has 0 unspecified atom stereocenters. The fourth-order valence-corrected chi connectivity index (χ4v) is 2.72. The van der Waals surface area contributed by atoms with Gasteiger partial charge in [-0.3, -0.25) is 0 Å². The number of aryl methyl sites for hydroxylation is 2. The van der Waals surface area contributed by atoms with E-state index in [-0.39, 0.29) is 0 Å². The fraction of sp³-hybridized carbons (Fsp3) is 0.188. The minimum absolute atomic E-state index is 0.619. The maximum Gasteiger partial charge on any atom is 0.221 e. The second-order valence-corrected chi connectivity index (χ2v) is 5.25. The Morgan fingerprint density at radius 3 is 2.37 bits per heavy atom. The van der Waals surface area contributed by atoms with Gasteiger partial charge in [0.15, 0.2) is 0 Å². The molecule has 0 saturated heterocycles. The molecular weight excluding hydrogens is 302 g/mol. The van der Waals surface area contributed by atoms with Crippen LogP contribution in [0.2, 0.25) is 0 Å². The first-order valence-electron chi connectivity index (χ1n) is 6.06. The summed E-state index contributed by atoms with van der Waals surface area (Å²) in [5.74, 6) is 0.619. The van der Waals surface area contributed by atoms with Gasteiger partial charge in [-0.2, -0.15) is 0 Å². The minimum atomic E-state index is 0.619. The molecular formula is C16H16BrNO. The SMILES string of the molecule is COC(=Nc1c(C)cc(C)cc1Br)c1ccccc1. The van der Waals surface area contributed by atoms with Crippen LogP contribution < -0.4 is 0 Å². The molecule has 0 spiro atoms. The lowest BCUT2D eigenvalue weighted by molar-refractivity contribution is 0.405. The molecule has 3 heteroatoms. The van der Waals surface area contributed by atoms with Gasteiger partial charge in [0.25, 0.3) is 0 Å². The predicted octanol–water partition coefficient (Wildman–Crippen LogP) is 4.79. The average molecular weight is 318 g/mol. The molecule has 2 aromatic carbocycles. The molecule has 0 aliphatic rings. The van der Waals surface area contributed by atoms with E-state index in [0.29, 0.717) is 5.90 Å². The smallest absolute Gasteiger partial charge is 0.221 e. The largest absolute Gasteiger partial charge is 0.481 e. The Balaban J connectivity index is 2.50. The van der Waals surface area contributed by atoms with Crippen molar-refractivity contribution in [2.24, 2.45) is 4.99 Å². The average Bonchev–Trinajstić information content (AvgIpc) is 2.39. The van der Waals surface area contributed by atoms with E-state index < -0.39 is 0 Å². The maximum absolute atomic E-state index is 5.41. The number of rotatable bonds is 2. The molecule has 0 amide bonds. The Labute approximate surface area is 122 Å². The highest BCUT2D eigenvalue weighted by Gasteiger charge is 2.08. The van der Waals surface area contributed by atoms with Crippen LogP contribution in [-0.2, 0) is 4.74 Å². The standard InChI is InChI=1S/C16H16BrNO/c1-11-9-12(2)15(14(17)10-11)18-16(19-3)13-7-5-4-6-8-13/h4-10H,1-3H3. The molecule has 0 N–H and O–H groups in total. The molecule has 98 valence electrons. The summed E-state index contributed by atoms with van der Waals surface area (Å²) in [4.78, 5) is 4.64. The molecule has 19 heavy (non-hydrogen) atoms. The summed E-state index contributed by atoms with van der Waals surface area (Å²) in [5, 5.41) is 0. The third kappa shape index (κ3) is 3.24. The number of hydrogen-bond acceptors (Lipinski definition) is 2. The summed E-state index contributed by atoms with van der Waals surface area (Å²) in [6.07, 6.45) is 0. The molecule has 0 saturated carbocycles. The van der Waals surface area contributed by atoms with Crippen molar-refractivity contribution in [1.29, 1.82) is 0 Å². The highest BCUT2D eigenvalue weighted by Crippen LogP contribution is 2.31. The number of nitrogens with zero attached hydrogens (tertiary/aromatic N) is 1. The van der Waals surface area contributed by atoms with E-state index in [4.69, 9.17) is 4.74 Å². The Hall–Kier alpha value is -1.61. The van der Waals surface area contributed by atoms with Crippen molar-refractivity contribution in [1.82, 2.24) is 0 Å². The highest BCUT2D eigenvalue weighted by atomic mass is 79.9. The molecule has 0 heterocycles. The Kier molecular flexibility index (Phi) is 4.38. The predicted molar refractivity (Wildman–Crippen MR) is 83.3 cm³/mol. The summed E-state index contributed by atoms with van der Waals surface area (Å²) in [6.45, 7) is 4.12. The first kappa shape index (κ1) is 13.8. The number of ether oxygens (including phenoxy) is 1. The van der Waals surface area contributed by atoms with Gasteiger partial charge in [0, 0.05) is 10.0 Å². The van der Waals surface area contributed by atoms with E-state index in [1.807, 2.05) is 30.3 Å². The fourth-order valence-electron chi connectivity index (χ4n) is 1.96. The molecule has 0 fully saturated rings. The van der Waals surface area contributed by atoms with Crippen LogP contribution in [0.15, 0.2) is 51.9 Å². The van der Waals surface area contributed by atoms with Gasteiger partial charge in [-0.1, -0.05) is 24.3 Å². The number of benzene rings is 2. The van der Waals surface area contributed by atoms with E-state index >= 15 is 0 Å².